The molecule has 0 radical (unpaired) electrons. The van der Waals surface area contributed by atoms with Crippen molar-refractivity contribution in [2.24, 2.45) is 0 Å². The molecule has 3 N–H and O–H groups in total. The fraction of sp³-hybridized carbons (Fsp3) is 0.625. The molecule has 0 aliphatic rings. The number of benzene rings is 1. The molecule has 3 heteroatoms. The van der Waals surface area contributed by atoms with Crippen LogP contribution < -0.4 is 5.32 Å². The Hall–Kier alpha value is -0.900. The quantitative estimate of drug-likeness (QED) is 0.643. The van der Waals surface area contributed by atoms with Crippen LogP contribution in [0.2, 0.25) is 0 Å². The largest absolute Gasteiger partial charge is 0.394 e. The normalized spacial score (nSPS) is 16.0. The molecule has 1 aromatic rings. The van der Waals surface area contributed by atoms with E-state index in [0.29, 0.717) is 0 Å². The molecule has 3 nitrogen and oxygen atoms in total. The minimum absolute atomic E-state index is 0.0396. The second kappa shape index (κ2) is 8.31. The van der Waals surface area contributed by atoms with E-state index >= 15 is 0 Å². The highest BCUT2D eigenvalue weighted by atomic mass is 16.3. The van der Waals surface area contributed by atoms with E-state index in [0.717, 1.165) is 31.2 Å². The van der Waals surface area contributed by atoms with Gasteiger partial charge >= 0.3 is 0 Å². The van der Waals surface area contributed by atoms with Gasteiger partial charge in [0.25, 0.3) is 0 Å². The van der Waals surface area contributed by atoms with E-state index in [1.165, 1.54) is 0 Å². The van der Waals surface area contributed by atoms with Crippen LogP contribution in [-0.4, -0.2) is 29.0 Å². The average Bonchev–Trinajstić information content (AvgIpc) is 2.49. The Kier molecular flexibility index (Phi) is 7.06. The maximum absolute atomic E-state index is 9.75. The van der Waals surface area contributed by atoms with Crippen molar-refractivity contribution in [3.8, 4) is 0 Å². The van der Waals surface area contributed by atoms with Crippen molar-refractivity contribution in [2.75, 3.05) is 13.2 Å². The topological polar surface area (TPSA) is 52.5 Å². The molecular formula is C16H27NO2. The molecule has 0 aromatic heterocycles. The van der Waals surface area contributed by atoms with Gasteiger partial charge in [-0.25, -0.2) is 0 Å². The molecule has 19 heavy (non-hydrogen) atoms. The second-order valence-electron chi connectivity index (χ2n) is 5.19. The van der Waals surface area contributed by atoms with Crippen molar-refractivity contribution >= 4 is 0 Å². The maximum Gasteiger partial charge on any atom is 0.0626 e. The highest BCUT2D eigenvalue weighted by Gasteiger charge is 2.29. The van der Waals surface area contributed by atoms with E-state index in [1.54, 1.807) is 0 Å². The number of aliphatic hydroxyl groups excluding tert-OH is 2. The van der Waals surface area contributed by atoms with Crippen LogP contribution >= 0.6 is 0 Å². The molecule has 0 fully saturated rings. The van der Waals surface area contributed by atoms with Crippen molar-refractivity contribution in [3.05, 3.63) is 35.9 Å². The van der Waals surface area contributed by atoms with Gasteiger partial charge in [-0.05, 0) is 18.4 Å². The number of aliphatic hydroxyl groups is 2. The zero-order valence-corrected chi connectivity index (χ0v) is 12.1. The summed E-state index contributed by atoms with van der Waals surface area (Å²) in [4.78, 5) is 0. The standard InChI is InChI=1S/C16H27NO2/c1-3-5-11-16(4-2,13-19)17-15(12-18)14-9-7-6-8-10-14/h6-10,15,17-19H,3-5,11-13H2,1-2H3/t15?,16-/m1/s1. The molecule has 0 spiro atoms. The fourth-order valence-electron chi connectivity index (χ4n) is 2.39. The summed E-state index contributed by atoms with van der Waals surface area (Å²) in [7, 11) is 0. The van der Waals surface area contributed by atoms with E-state index in [1.807, 2.05) is 30.3 Å². The summed E-state index contributed by atoms with van der Waals surface area (Å²) < 4.78 is 0. The third kappa shape index (κ3) is 4.60. The molecule has 0 aliphatic heterocycles. The molecule has 1 unspecified atom stereocenters. The van der Waals surface area contributed by atoms with Crippen molar-refractivity contribution in [2.45, 2.75) is 51.1 Å². The van der Waals surface area contributed by atoms with E-state index in [-0.39, 0.29) is 24.8 Å². The molecule has 0 heterocycles. The third-order valence-corrected chi connectivity index (χ3v) is 3.85. The SMILES string of the molecule is CCCC[C@](CC)(CO)NC(CO)c1ccccc1. The van der Waals surface area contributed by atoms with Gasteiger partial charge in [0.2, 0.25) is 0 Å². The molecule has 108 valence electrons. The molecule has 2 atom stereocenters. The zero-order valence-electron chi connectivity index (χ0n) is 12.1. The summed E-state index contributed by atoms with van der Waals surface area (Å²) in [6.07, 6.45) is 3.97. The monoisotopic (exact) mass is 265 g/mol. The number of hydrogen-bond donors (Lipinski definition) is 3. The predicted octanol–water partition coefficient (Wildman–Crippen LogP) is 2.64. The van der Waals surface area contributed by atoms with Gasteiger partial charge in [0.15, 0.2) is 0 Å². The Morgan fingerprint density at radius 3 is 2.32 bits per heavy atom. The van der Waals surface area contributed by atoms with Gasteiger partial charge in [-0.1, -0.05) is 57.0 Å². The van der Waals surface area contributed by atoms with Gasteiger partial charge in [-0.3, -0.25) is 0 Å². The van der Waals surface area contributed by atoms with Gasteiger partial charge in [-0.15, -0.1) is 0 Å². The van der Waals surface area contributed by atoms with Crippen LogP contribution in [0.4, 0.5) is 0 Å². The lowest BCUT2D eigenvalue weighted by Gasteiger charge is -2.36. The lowest BCUT2D eigenvalue weighted by atomic mass is 9.88. The first-order valence-corrected chi connectivity index (χ1v) is 7.25. The lowest BCUT2D eigenvalue weighted by molar-refractivity contribution is 0.113. The minimum atomic E-state index is -0.292. The Balaban J connectivity index is 2.80. The molecule has 0 saturated carbocycles. The number of unbranched alkanes of at least 4 members (excludes halogenated alkanes) is 1. The van der Waals surface area contributed by atoms with Crippen LogP contribution in [0.3, 0.4) is 0 Å². The lowest BCUT2D eigenvalue weighted by Crippen LogP contribution is -2.50. The Bertz CT molecular complexity index is 336. The van der Waals surface area contributed by atoms with Gasteiger partial charge in [0, 0.05) is 5.54 Å². The summed E-state index contributed by atoms with van der Waals surface area (Å²) in [6, 6.07) is 9.80. The Labute approximate surface area is 116 Å². The highest BCUT2D eigenvalue weighted by molar-refractivity contribution is 5.19. The Morgan fingerprint density at radius 1 is 1.16 bits per heavy atom. The third-order valence-electron chi connectivity index (χ3n) is 3.85. The van der Waals surface area contributed by atoms with E-state index in [2.05, 4.69) is 19.2 Å². The van der Waals surface area contributed by atoms with Crippen LogP contribution in [-0.2, 0) is 0 Å². The summed E-state index contributed by atoms with van der Waals surface area (Å²) >= 11 is 0. The first-order valence-electron chi connectivity index (χ1n) is 7.25. The minimum Gasteiger partial charge on any atom is -0.394 e. The molecule has 0 bridgehead atoms. The fourth-order valence-corrected chi connectivity index (χ4v) is 2.39. The molecular weight excluding hydrogens is 238 g/mol. The average molecular weight is 265 g/mol. The Morgan fingerprint density at radius 2 is 1.84 bits per heavy atom. The van der Waals surface area contributed by atoms with Crippen LogP contribution in [0.25, 0.3) is 0 Å². The van der Waals surface area contributed by atoms with E-state index in [4.69, 9.17) is 0 Å². The van der Waals surface area contributed by atoms with Crippen LogP contribution in [0.1, 0.15) is 51.1 Å². The molecule has 0 saturated heterocycles. The molecule has 0 aliphatic carbocycles. The maximum atomic E-state index is 9.75. The number of hydrogen-bond acceptors (Lipinski definition) is 3. The highest BCUT2D eigenvalue weighted by Crippen LogP contribution is 2.23. The van der Waals surface area contributed by atoms with Crippen molar-refractivity contribution in [1.82, 2.24) is 5.32 Å². The van der Waals surface area contributed by atoms with Crippen molar-refractivity contribution in [1.29, 1.82) is 0 Å². The smallest absolute Gasteiger partial charge is 0.0626 e. The predicted molar refractivity (Wildman–Crippen MR) is 79.0 cm³/mol. The van der Waals surface area contributed by atoms with Crippen molar-refractivity contribution < 1.29 is 10.2 Å². The molecule has 1 aromatic carbocycles. The summed E-state index contributed by atoms with van der Waals surface area (Å²) in [5.74, 6) is 0. The number of rotatable bonds is 9. The van der Waals surface area contributed by atoms with E-state index in [9.17, 15) is 10.2 Å². The van der Waals surface area contributed by atoms with E-state index < -0.39 is 0 Å². The van der Waals surface area contributed by atoms with Gasteiger partial charge in [0.05, 0.1) is 19.3 Å². The summed E-state index contributed by atoms with van der Waals surface area (Å²) in [5.41, 5.74) is 0.770. The van der Waals surface area contributed by atoms with Gasteiger partial charge < -0.3 is 15.5 Å². The van der Waals surface area contributed by atoms with Crippen LogP contribution in [0.5, 0.6) is 0 Å². The van der Waals surface area contributed by atoms with Crippen molar-refractivity contribution in [3.63, 3.8) is 0 Å². The molecule has 0 amide bonds. The summed E-state index contributed by atoms with van der Waals surface area (Å²) in [6.45, 7) is 4.38. The van der Waals surface area contributed by atoms with Crippen LogP contribution in [0.15, 0.2) is 30.3 Å². The van der Waals surface area contributed by atoms with Gasteiger partial charge in [-0.2, -0.15) is 0 Å². The first-order chi connectivity index (χ1) is 9.21. The summed E-state index contributed by atoms with van der Waals surface area (Å²) in [5, 5.41) is 22.8. The van der Waals surface area contributed by atoms with Crippen LogP contribution in [0, 0.1) is 0 Å². The molecule has 1 rings (SSSR count). The first kappa shape index (κ1) is 16.2. The number of nitrogens with one attached hydrogen (secondary N) is 1. The zero-order chi connectivity index (χ0) is 14.1. The second-order valence-corrected chi connectivity index (χ2v) is 5.19. The van der Waals surface area contributed by atoms with Gasteiger partial charge in [0.1, 0.15) is 0 Å².